The smallest absolute Gasteiger partial charge is 0.190 e. The first kappa shape index (κ1) is 8.27. The van der Waals surface area contributed by atoms with Crippen molar-refractivity contribution in [1.29, 1.82) is 5.41 Å². The second-order valence-corrected chi connectivity index (χ2v) is 1.89. The molecule has 0 amide bonds. The van der Waals surface area contributed by atoms with Crippen LogP contribution in [-0.4, -0.2) is 31.0 Å². The lowest BCUT2D eigenvalue weighted by molar-refractivity contribution is 0.508. The predicted molar refractivity (Wildman–Crippen MR) is 39.7 cm³/mol. The topological polar surface area (TPSA) is 39.1 Å². The average Bonchev–Trinajstić information content (AvgIpc) is 1.87. The van der Waals surface area contributed by atoms with Crippen LogP contribution in [0.3, 0.4) is 0 Å². The molecule has 0 rings (SSSR count). The van der Waals surface area contributed by atoms with Crippen molar-refractivity contribution < 1.29 is 0 Å². The van der Waals surface area contributed by atoms with E-state index >= 15 is 0 Å². The summed E-state index contributed by atoms with van der Waals surface area (Å²) in [6.45, 7) is 5.71. The van der Waals surface area contributed by atoms with Crippen LogP contribution in [0.4, 0.5) is 0 Å². The van der Waals surface area contributed by atoms with Crippen LogP contribution in [0.25, 0.3) is 0 Å². The van der Waals surface area contributed by atoms with E-state index in [0.29, 0.717) is 5.96 Å². The Morgan fingerprint density at radius 3 is 2.44 bits per heavy atom. The van der Waals surface area contributed by atoms with Gasteiger partial charge in [-0.3, -0.25) is 5.41 Å². The van der Waals surface area contributed by atoms with Crippen LogP contribution in [0.1, 0.15) is 13.8 Å². The number of rotatable bonds is 2. The summed E-state index contributed by atoms with van der Waals surface area (Å²) in [5, 5.41) is 10.2. The summed E-state index contributed by atoms with van der Waals surface area (Å²) in [6.07, 6.45) is 0. The van der Waals surface area contributed by atoms with Gasteiger partial charge in [-0.2, -0.15) is 0 Å². The first-order valence-corrected chi connectivity index (χ1v) is 3.25. The lowest BCUT2D eigenvalue weighted by Gasteiger charge is -2.17. The van der Waals surface area contributed by atoms with Gasteiger partial charge in [0, 0.05) is 20.1 Å². The van der Waals surface area contributed by atoms with Crippen LogP contribution in [0.15, 0.2) is 0 Å². The summed E-state index contributed by atoms with van der Waals surface area (Å²) in [7, 11) is 1.89. The second kappa shape index (κ2) is 4.18. The third-order valence-electron chi connectivity index (χ3n) is 1.20. The van der Waals surface area contributed by atoms with E-state index in [1.54, 1.807) is 0 Å². The molecule has 3 heteroatoms. The van der Waals surface area contributed by atoms with Gasteiger partial charge in [0.2, 0.25) is 0 Å². The maximum atomic E-state index is 7.31. The minimum Gasteiger partial charge on any atom is -0.357 e. The standard InChI is InChI=1S/C6H15N3/c1-4-8-6(7)9(3)5-2/h4-5H2,1-3H3,(H2,7,8). The van der Waals surface area contributed by atoms with Gasteiger partial charge in [-0.15, -0.1) is 0 Å². The molecule has 9 heavy (non-hydrogen) atoms. The molecule has 0 bridgehead atoms. The van der Waals surface area contributed by atoms with Crippen molar-refractivity contribution in [3.05, 3.63) is 0 Å². The van der Waals surface area contributed by atoms with Gasteiger partial charge in [-0.25, -0.2) is 0 Å². The number of hydrogen-bond acceptors (Lipinski definition) is 1. The van der Waals surface area contributed by atoms with Gasteiger partial charge in [0.05, 0.1) is 0 Å². The molecule has 0 spiro atoms. The fourth-order valence-electron chi connectivity index (χ4n) is 0.461. The molecule has 0 aromatic rings. The van der Waals surface area contributed by atoms with Crippen LogP contribution in [0.2, 0.25) is 0 Å². The van der Waals surface area contributed by atoms with Crippen LogP contribution in [0.5, 0.6) is 0 Å². The van der Waals surface area contributed by atoms with Gasteiger partial charge in [-0.05, 0) is 13.8 Å². The van der Waals surface area contributed by atoms with E-state index in [0.717, 1.165) is 13.1 Å². The molecule has 0 atom stereocenters. The SMILES string of the molecule is CCNC(=N)N(C)CC. The molecular weight excluding hydrogens is 114 g/mol. The van der Waals surface area contributed by atoms with E-state index in [1.165, 1.54) is 0 Å². The molecule has 0 aliphatic rings. The van der Waals surface area contributed by atoms with E-state index < -0.39 is 0 Å². The normalized spacial score (nSPS) is 8.78. The molecule has 2 N–H and O–H groups in total. The molecular formula is C6H15N3. The highest BCUT2D eigenvalue weighted by Gasteiger charge is 1.96. The lowest BCUT2D eigenvalue weighted by Crippen LogP contribution is -2.37. The molecule has 0 aromatic carbocycles. The third-order valence-corrected chi connectivity index (χ3v) is 1.20. The highest BCUT2D eigenvalue weighted by Crippen LogP contribution is 1.78. The molecule has 0 radical (unpaired) electrons. The summed E-state index contributed by atoms with van der Waals surface area (Å²) in [5.74, 6) is 0.500. The predicted octanol–water partition coefficient (Wildman–Crippen LogP) is 0.482. The molecule has 0 heterocycles. The molecule has 0 fully saturated rings. The Hall–Kier alpha value is -0.730. The summed E-state index contributed by atoms with van der Waals surface area (Å²) in [6, 6.07) is 0. The van der Waals surface area contributed by atoms with Gasteiger partial charge < -0.3 is 10.2 Å². The minimum absolute atomic E-state index is 0.500. The maximum absolute atomic E-state index is 7.31. The van der Waals surface area contributed by atoms with E-state index in [4.69, 9.17) is 5.41 Å². The van der Waals surface area contributed by atoms with Crippen molar-refractivity contribution >= 4 is 5.96 Å². The monoisotopic (exact) mass is 129 g/mol. The van der Waals surface area contributed by atoms with E-state index in [1.807, 2.05) is 25.8 Å². The van der Waals surface area contributed by atoms with Crippen molar-refractivity contribution in [3.63, 3.8) is 0 Å². The van der Waals surface area contributed by atoms with E-state index in [-0.39, 0.29) is 0 Å². The number of nitrogens with zero attached hydrogens (tertiary/aromatic N) is 1. The number of hydrogen-bond donors (Lipinski definition) is 2. The van der Waals surface area contributed by atoms with Crippen LogP contribution < -0.4 is 5.32 Å². The van der Waals surface area contributed by atoms with Crippen molar-refractivity contribution in [2.45, 2.75) is 13.8 Å². The highest BCUT2D eigenvalue weighted by atomic mass is 15.2. The van der Waals surface area contributed by atoms with Crippen molar-refractivity contribution in [2.75, 3.05) is 20.1 Å². The largest absolute Gasteiger partial charge is 0.357 e. The minimum atomic E-state index is 0.500. The van der Waals surface area contributed by atoms with Gasteiger partial charge >= 0.3 is 0 Å². The highest BCUT2D eigenvalue weighted by molar-refractivity contribution is 5.76. The number of nitrogens with one attached hydrogen (secondary N) is 2. The molecule has 0 saturated carbocycles. The Bertz CT molecular complexity index is 90.3. The van der Waals surface area contributed by atoms with Crippen LogP contribution >= 0.6 is 0 Å². The fourth-order valence-corrected chi connectivity index (χ4v) is 0.461. The average molecular weight is 129 g/mol. The molecule has 0 aliphatic carbocycles. The molecule has 0 aromatic heterocycles. The second-order valence-electron chi connectivity index (χ2n) is 1.89. The quantitative estimate of drug-likeness (QED) is 0.420. The summed E-state index contributed by atoms with van der Waals surface area (Å²) >= 11 is 0. The first-order valence-electron chi connectivity index (χ1n) is 3.25. The maximum Gasteiger partial charge on any atom is 0.190 e. The van der Waals surface area contributed by atoms with Gasteiger partial charge in [-0.1, -0.05) is 0 Å². The fraction of sp³-hybridized carbons (Fsp3) is 0.833. The molecule has 3 nitrogen and oxygen atoms in total. The van der Waals surface area contributed by atoms with Crippen molar-refractivity contribution in [2.24, 2.45) is 0 Å². The Morgan fingerprint density at radius 1 is 1.56 bits per heavy atom. The van der Waals surface area contributed by atoms with Gasteiger partial charge in [0.25, 0.3) is 0 Å². The Balaban J connectivity index is 3.46. The molecule has 0 aliphatic heterocycles. The lowest BCUT2D eigenvalue weighted by atomic mass is 10.6. The Labute approximate surface area is 56.6 Å². The first-order chi connectivity index (χ1) is 4.22. The molecule has 0 saturated heterocycles. The zero-order valence-corrected chi connectivity index (χ0v) is 6.36. The van der Waals surface area contributed by atoms with Crippen LogP contribution in [0, 0.1) is 5.41 Å². The molecule has 54 valence electrons. The van der Waals surface area contributed by atoms with Gasteiger partial charge in [0.1, 0.15) is 0 Å². The zero-order chi connectivity index (χ0) is 7.28. The van der Waals surface area contributed by atoms with E-state index in [9.17, 15) is 0 Å². The van der Waals surface area contributed by atoms with Crippen LogP contribution in [-0.2, 0) is 0 Å². The third kappa shape index (κ3) is 2.95. The van der Waals surface area contributed by atoms with Crippen molar-refractivity contribution in [1.82, 2.24) is 10.2 Å². The Morgan fingerprint density at radius 2 is 2.11 bits per heavy atom. The summed E-state index contributed by atoms with van der Waals surface area (Å²) in [4.78, 5) is 1.85. The van der Waals surface area contributed by atoms with E-state index in [2.05, 4.69) is 5.32 Å². The summed E-state index contributed by atoms with van der Waals surface area (Å²) < 4.78 is 0. The Kier molecular flexibility index (Phi) is 3.84. The molecule has 0 unspecified atom stereocenters. The van der Waals surface area contributed by atoms with Crippen molar-refractivity contribution in [3.8, 4) is 0 Å². The number of guanidine groups is 1. The zero-order valence-electron chi connectivity index (χ0n) is 6.36. The van der Waals surface area contributed by atoms with Gasteiger partial charge in [0.15, 0.2) is 5.96 Å². The summed E-state index contributed by atoms with van der Waals surface area (Å²) in [5.41, 5.74) is 0.